The Balaban J connectivity index is 2.62. The van der Waals surface area contributed by atoms with Crippen LogP contribution in [0.2, 0.25) is 0 Å². The minimum atomic E-state index is -0.337. The van der Waals surface area contributed by atoms with E-state index >= 15 is 0 Å². The molecule has 3 heteroatoms. The lowest BCUT2D eigenvalue weighted by Gasteiger charge is -2.06. The van der Waals surface area contributed by atoms with E-state index in [-0.39, 0.29) is 5.82 Å². The Hall–Kier alpha value is -2.03. The summed E-state index contributed by atoms with van der Waals surface area (Å²) in [6, 6.07) is 6.48. The average molecular weight is 215 g/mol. The molecule has 0 saturated heterocycles. The standard InChI is InChI=1S/C13H10FNO/c1-9-2-3-11(13(14)6-9)12-7-15-5-4-10(12)8-16/h2-8H,1H3. The lowest BCUT2D eigenvalue weighted by Crippen LogP contribution is -1.92. The van der Waals surface area contributed by atoms with Crippen LogP contribution in [0.15, 0.2) is 36.7 Å². The maximum Gasteiger partial charge on any atom is 0.150 e. The van der Waals surface area contributed by atoms with Gasteiger partial charge in [0.1, 0.15) is 5.82 Å². The average Bonchev–Trinajstić information content (AvgIpc) is 2.29. The minimum Gasteiger partial charge on any atom is -0.298 e. The van der Waals surface area contributed by atoms with Crippen molar-refractivity contribution in [1.82, 2.24) is 4.98 Å². The van der Waals surface area contributed by atoms with E-state index < -0.39 is 0 Å². The van der Waals surface area contributed by atoms with Crippen molar-refractivity contribution in [3.63, 3.8) is 0 Å². The number of rotatable bonds is 2. The minimum absolute atomic E-state index is 0.337. The van der Waals surface area contributed by atoms with Gasteiger partial charge in [-0.3, -0.25) is 9.78 Å². The summed E-state index contributed by atoms with van der Waals surface area (Å²) < 4.78 is 13.7. The molecule has 1 aromatic heterocycles. The van der Waals surface area contributed by atoms with Gasteiger partial charge in [0.25, 0.3) is 0 Å². The number of aromatic nitrogens is 1. The molecule has 2 nitrogen and oxygen atoms in total. The first-order valence-electron chi connectivity index (χ1n) is 4.88. The van der Waals surface area contributed by atoms with E-state index in [2.05, 4.69) is 4.98 Å². The van der Waals surface area contributed by atoms with Crippen molar-refractivity contribution in [3.8, 4) is 11.1 Å². The van der Waals surface area contributed by atoms with E-state index in [0.29, 0.717) is 23.0 Å². The van der Waals surface area contributed by atoms with Gasteiger partial charge in [-0.15, -0.1) is 0 Å². The normalized spacial score (nSPS) is 10.1. The van der Waals surface area contributed by atoms with E-state index in [0.717, 1.165) is 5.56 Å². The highest BCUT2D eigenvalue weighted by atomic mass is 19.1. The van der Waals surface area contributed by atoms with Crippen molar-refractivity contribution < 1.29 is 9.18 Å². The number of pyridine rings is 1. The molecule has 2 aromatic rings. The molecule has 0 aliphatic heterocycles. The van der Waals surface area contributed by atoms with Gasteiger partial charge in [-0.05, 0) is 24.6 Å². The van der Waals surface area contributed by atoms with Crippen molar-refractivity contribution in [3.05, 3.63) is 53.6 Å². The lowest BCUT2D eigenvalue weighted by molar-refractivity contribution is 0.112. The molecule has 0 aliphatic carbocycles. The van der Waals surface area contributed by atoms with Gasteiger partial charge in [-0.1, -0.05) is 12.1 Å². The number of nitrogens with zero attached hydrogens (tertiary/aromatic N) is 1. The van der Waals surface area contributed by atoms with Gasteiger partial charge in [0, 0.05) is 29.1 Å². The molecule has 0 saturated carbocycles. The zero-order valence-corrected chi connectivity index (χ0v) is 8.77. The number of aryl methyl sites for hydroxylation is 1. The van der Waals surface area contributed by atoms with Crippen LogP contribution in [0.5, 0.6) is 0 Å². The molecular formula is C13H10FNO. The van der Waals surface area contributed by atoms with Gasteiger partial charge in [0.2, 0.25) is 0 Å². The van der Waals surface area contributed by atoms with Crippen LogP contribution in [0.25, 0.3) is 11.1 Å². The van der Waals surface area contributed by atoms with Crippen molar-refractivity contribution >= 4 is 6.29 Å². The zero-order chi connectivity index (χ0) is 11.5. The van der Waals surface area contributed by atoms with E-state index in [1.165, 1.54) is 18.5 Å². The second-order valence-corrected chi connectivity index (χ2v) is 3.56. The van der Waals surface area contributed by atoms with E-state index in [1.807, 2.05) is 6.92 Å². The summed E-state index contributed by atoms with van der Waals surface area (Å²) in [5.74, 6) is -0.337. The Labute approximate surface area is 92.8 Å². The number of hydrogen-bond donors (Lipinski definition) is 0. The maximum atomic E-state index is 13.7. The number of benzene rings is 1. The third-order valence-electron chi connectivity index (χ3n) is 2.40. The summed E-state index contributed by atoms with van der Waals surface area (Å²) in [6.45, 7) is 1.82. The van der Waals surface area contributed by atoms with Gasteiger partial charge in [0.15, 0.2) is 6.29 Å². The van der Waals surface area contributed by atoms with Gasteiger partial charge in [-0.2, -0.15) is 0 Å². The van der Waals surface area contributed by atoms with Gasteiger partial charge < -0.3 is 0 Å². The van der Waals surface area contributed by atoms with Gasteiger partial charge in [0.05, 0.1) is 0 Å². The maximum absolute atomic E-state index is 13.7. The number of carbonyl (C=O) groups excluding carboxylic acids is 1. The molecule has 0 unspecified atom stereocenters. The third-order valence-corrected chi connectivity index (χ3v) is 2.40. The lowest BCUT2D eigenvalue weighted by atomic mass is 10.0. The largest absolute Gasteiger partial charge is 0.298 e. The highest BCUT2D eigenvalue weighted by molar-refractivity contribution is 5.87. The molecule has 80 valence electrons. The predicted molar refractivity (Wildman–Crippen MR) is 59.8 cm³/mol. The van der Waals surface area contributed by atoms with Crippen LogP contribution in [-0.4, -0.2) is 11.3 Å². The Bertz CT molecular complexity index is 537. The topological polar surface area (TPSA) is 30.0 Å². The molecular weight excluding hydrogens is 205 g/mol. The van der Waals surface area contributed by atoms with Crippen molar-refractivity contribution in [1.29, 1.82) is 0 Å². The Morgan fingerprint density at radius 2 is 2.06 bits per heavy atom. The fourth-order valence-corrected chi connectivity index (χ4v) is 1.57. The summed E-state index contributed by atoms with van der Waals surface area (Å²) in [5, 5.41) is 0. The van der Waals surface area contributed by atoms with Crippen LogP contribution >= 0.6 is 0 Å². The fraction of sp³-hybridized carbons (Fsp3) is 0.0769. The first kappa shape index (κ1) is 10.5. The summed E-state index contributed by atoms with van der Waals surface area (Å²) >= 11 is 0. The smallest absolute Gasteiger partial charge is 0.150 e. The number of halogens is 1. The molecule has 0 atom stereocenters. The second-order valence-electron chi connectivity index (χ2n) is 3.56. The molecule has 0 spiro atoms. The highest BCUT2D eigenvalue weighted by Crippen LogP contribution is 2.25. The number of hydrogen-bond acceptors (Lipinski definition) is 2. The molecule has 0 amide bonds. The fourth-order valence-electron chi connectivity index (χ4n) is 1.57. The zero-order valence-electron chi connectivity index (χ0n) is 8.77. The van der Waals surface area contributed by atoms with Crippen LogP contribution in [-0.2, 0) is 0 Å². The SMILES string of the molecule is Cc1ccc(-c2cnccc2C=O)c(F)c1. The second kappa shape index (κ2) is 4.23. The summed E-state index contributed by atoms with van der Waals surface area (Å²) in [7, 11) is 0. The first-order valence-corrected chi connectivity index (χ1v) is 4.88. The summed E-state index contributed by atoms with van der Waals surface area (Å²) in [5.41, 5.74) is 2.21. The Morgan fingerprint density at radius 1 is 1.25 bits per heavy atom. The molecule has 0 fully saturated rings. The van der Waals surface area contributed by atoms with Crippen LogP contribution in [0.3, 0.4) is 0 Å². The Kier molecular flexibility index (Phi) is 2.77. The first-order chi connectivity index (χ1) is 7.72. The van der Waals surface area contributed by atoms with Crippen LogP contribution in [0.4, 0.5) is 4.39 Å². The van der Waals surface area contributed by atoms with E-state index in [9.17, 15) is 9.18 Å². The molecule has 1 heterocycles. The molecule has 0 radical (unpaired) electrons. The van der Waals surface area contributed by atoms with Gasteiger partial charge >= 0.3 is 0 Å². The molecule has 0 aliphatic rings. The van der Waals surface area contributed by atoms with E-state index in [4.69, 9.17) is 0 Å². The molecule has 0 N–H and O–H groups in total. The molecule has 0 bridgehead atoms. The number of carbonyl (C=O) groups is 1. The summed E-state index contributed by atoms with van der Waals surface area (Å²) in [6.07, 6.45) is 3.72. The Morgan fingerprint density at radius 3 is 2.75 bits per heavy atom. The highest BCUT2D eigenvalue weighted by Gasteiger charge is 2.09. The predicted octanol–water partition coefficient (Wildman–Crippen LogP) is 3.01. The van der Waals surface area contributed by atoms with Crippen molar-refractivity contribution in [2.75, 3.05) is 0 Å². The number of aldehydes is 1. The quantitative estimate of drug-likeness (QED) is 0.721. The van der Waals surface area contributed by atoms with Gasteiger partial charge in [-0.25, -0.2) is 4.39 Å². The van der Waals surface area contributed by atoms with Crippen LogP contribution in [0.1, 0.15) is 15.9 Å². The van der Waals surface area contributed by atoms with E-state index in [1.54, 1.807) is 18.2 Å². The van der Waals surface area contributed by atoms with Crippen molar-refractivity contribution in [2.45, 2.75) is 6.92 Å². The van der Waals surface area contributed by atoms with Crippen LogP contribution in [0, 0.1) is 12.7 Å². The molecule has 1 aromatic carbocycles. The monoisotopic (exact) mass is 215 g/mol. The third kappa shape index (κ3) is 1.84. The molecule has 2 rings (SSSR count). The molecule has 16 heavy (non-hydrogen) atoms. The van der Waals surface area contributed by atoms with Crippen molar-refractivity contribution in [2.24, 2.45) is 0 Å². The summed E-state index contributed by atoms with van der Waals surface area (Å²) in [4.78, 5) is 14.7. The van der Waals surface area contributed by atoms with Crippen LogP contribution < -0.4 is 0 Å².